The maximum absolute atomic E-state index is 12.1. The molecule has 0 radical (unpaired) electrons. The Hall–Kier alpha value is -4.13. The van der Waals surface area contributed by atoms with Gasteiger partial charge in [0, 0.05) is 40.8 Å². The Morgan fingerprint density at radius 3 is 2.50 bits per heavy atom. The van der Waals surface area contributed by atoms with E-state index in [1.165, 1.54) is 30.3 Å². The molecule has 2 aromatic carbocycles. The lowest BCUT2D eigenvalue weighted by molar-refractivity contribution is -0.115. The van der Waals surface area contributed by atoms with Crippen LogP contribution in [0.25, 0.3) is 33.4 Å². The van der Waals surface area contributed by atoms with Crippen molar-refractivity contribution < 1.29 is 24.2 Å². The van der Waals surface area contributed by atoms with Crippen molar-refractivity contribution in [3.8, 4) is 28.2 Å². The van der Waals surface area contributed by atoms with Crippen molar-refractivity contribution in [1.29, 1.82) is 0 Å². The molecule has 1 amide bonds. The average Bonchev–Trinajstić information content (AvgIpc) is 2.71. The number of anilines is 1. The first-order chi connectivity index (χ1) is 14.4. The summed E-state index contributed by atoms with van der Waals surface area (Å²) in [6.07, 6.45) is 0.265. The predicted octanol–water partition coefficient (Wildman–Crippen LogP) is 4.32. The molecule has 0 aromatic heterocycles. The number of hydrogen-bond acceptors (Lipinski definition) is 5. The summed E-state index contributed by atoms with van der Waals surface area (Å²) in [4.78, 5) is 35.6. The highest BCUT2D eigenvalue weighted by atomic mass is 16.4. The van der Waals surface area contributed by atoms with Crippen molar-refractivity contribution in [2.75, 3.05) is 5.32 Å². The Labute approximate surface area is 170 Å². The van der Waals surface area contributed by atoms with Crippen molar-refractivity contribution in [3.05, 3.63) is 70.4 Å². The molecule has 2 aromatic rings. The standard InChI is InChI=1S/C23H17NO6/c1-2-21(27)24-12-3-6-15(18(9-12)23(28)29)22-16-7-4-13(25)10-19(16)30-20-11-14(26)5-8-17(20)22/h3-11,25H,2H2,1H3,(H,24,27)(H,28,29). The topological polar surface area (TPSA) is 117 Å². The second-order valence-electron chi connectivity index (χ2n) is 6.78. The number of benzene rings is 3. The van der Waals surface area contributed by atoms with Crippen LogP contribution in [0.15, 0.2) is 63.8 Å². The maximum Gasteiger partial charge on any atom is 0.336 e. The van der Waals surface area contributed by atoms with Crippen LogP contribution in [0, 0.1) is 0 Å². The molecule has 7 heteroatoms. The van der Waals surface area contributed by atoms with Crippen LogP contribution in [0.5, 0.6) is 5.75 Å². The number of aromatic hydroxyl groups is 1. The zero-order valence-electron chi connectivity index (χ0n) is 15.9. The van der Waals surface area contributed by atoms with E-state index in [1.807, 2.05) is 0 Å². The summed E-state index contributed by atoms with van der Waals surface area (Å²) in [5.74, 6) is -1.15. The van der Waals surface area contributed by atoms with Gasteiger partial charge in [0.2, 0.25) is 5.91 Å². The van der Waals surface area contributed by atoms with Gasteiger partial charge in [0.15, 0.2) is 5.43 Å². The van der Waals surface area contributed by atoms with Gasteiger partial charge < -0.3 is 19.9 Å². The molecule has 150 valence electrons. The van der Waals surface area contributed by atoms with E-state index in [0.717, 1.165) is 0 Å². The Morgan fingerprint density at radius 2 is 1.77 bits per heavy atom. The monoisotopic (exact) mass is 403 g/mol. The number of hydrogen-bond donors (Lipinski definition) is 3. The molecule has 1 aliphatic heterocycles. The molecule has 0 bridgehead atoms. The van der Waals surface area contributed by atoms with Gasteiger partial charge in [0.05, 0.1) is 5.56 Å². The Kier molecular flexibility index (Phi) is 4.71. The smallest absolute Gasteiger partial charge is 0.336 e. The maximum atomic E-state index is 12.1. The molecule has 30 heavy (non-hydrogen) atoms. The lowest BCUT2D eigenvalue weighted by Crippen LogP contribution is -2.11. The highest BCUT2D eigenvalue weighted by Crippen LogP contribution is 2.42. The van der Waals surface area contributed by atoms with Gasteiger partial charge in [-0.3, -0.25) is 9.59 Å². The molecule has 0 saturated heterocycles. The van der Waals surface area contributed by atoms with Crippen molar-refractivity contribution in [2.45, 2.75) is 13.3 Å². The summed E-state index contributed by atoms with van der Waals surface area (Å²) in [6.45, 7) is 1.70. The van der Waals surface area contributed by atoms with Gasteiger partial charge >= 0.3 is 5.97 Å². The van der Waals surface area contributed by atoms with Crippen molar-refractivity contribution in [2.24, 2.45) is 0 Å². The highest BCUT2D eigenvalue weighted by Gasteiger charge is 2.22. The van der Waals surface area contributed by atoms with E-state index in [9.17, 15) is 24.6 Å². The number of rotatable bonds is 4. The van der Waals surface area contributed by atoms with Gasteiger partial charge in [-0.2, -0.15) is 0 Å². The molecular weight excluding hydrogens is 386 g/mol. The van der Waals surface area contributed by atoms with Gasteiger partial charge in [-0.05, 0) is 42.0 Å². The predicted molar refractivity (Wildman–Crippen MR) is 112 cm³/mol. The quantitative estimate of drug-likeness (QED) is 0.437. The average molecular weight is 403 g/mol. The number of carbonyl (C=O) groups is 2. The van der Waals surface area contributed by atoms with Gasteiger partial charge in [-0.15, -0.1) is 0 Å². The lowest BCUT2D eigenvalue weighted by Gasteiger charge is -2.17. The van der Waals surface area contributed by atoms with Gasteiger partial charge in [0.1, 0.15) is 17.1 Å². The molecular formula is C23H17NO6. The molecule has 0 unspecified atom stereocenters. The number of carboxylic acids is 1. The van der Waals surface area contributed by atoms with Crippen LogP contribution in [0.3, 0.4) is 0 Å². The summed E-state index contributed by atoms with van der Waals surface area (Å²) in [5.41, 5.74) is 1.91. The third-order valence-electron chi connectivity index (χ3n) is 4.80. The fourth-order valence-electron chi connectivity index (χ4n) is 3.42. The number of aromatic carboxylic acids is 1. The number of phenols is 1. The fraction of sp³-hybridized carbons (Fsp3) is 0.0870. The van der Waals surface area contributed by atoms with E-state index in [2.05, 4.69) is 5.32 Å². The first-order valence-electron chi connectivity index (χ1n) is 9.24. The van der Waals surface area contributed by atoms with E-state index < -0.39 is 5.97 Å². The van der Waals surface area contributed by atoms with E-state index in [0.29, 0.717) is 33.3 Å². The summed E-state index contributed by atoms with van der Waals surface area (Å²) >= 11 is 0. The Morgan fingerprint density at radius 1 is 1.00 bits per heavy atom. The van der Waals surface area contributed by atoms with Gasteiger partial charge in [-0.1, -0.05) is 13.0 Å². The van der Waals surface area contributed by atoms with Crippen LogP contribution in [-0.4, -0.2) is 22.1 Å². The normalized spacial score (nSPS) is 11.0. The number of fused-ring (bicyclic) bond motifs is 2. The van der Waals surface area contributed by atoms with E-state index in [4.69, 9.17) is 4.42 Å². The number of amides is 1. The molecule has 0 fully saturated rings. The molecule has 3 N–H and O–H groups in total. The summed E-state index contributed by atoms with van der Waals surface area (Å²) in [5, 5.41) is 22.9. The molecule has 1 heterocycles. The number of carbonyl (C=O) groups excluding carboxylic acids is 1. The van der Waals surface area contributed by atoms with Crippen LogP contribution < -0.4 is 10.7 Å². The highest BCUT2D eigenvalue weighted by molar-refractivity contribution is 6.08. The van der Waals surface area contributed by atoms with Crippen LogP contribution >= 0.6 is 0 Å². The van der Waals surface area contributed by atoms with Crippen LogP contribution in [-0.2, 0) is 4.79 Å². The number of carboxylic acid groups (broad SMARTS) is 1. The zero-order valence-corrected chi connectivity index (χ0v) is 15.9. The molecule has 0 atom stereocenters. The minimum absolute atomic E-state index is 0.0167. The second kappa shape index (κ2) is 7.36. The Balaban J connectivity index is 2.06. The summed E-state index contributed by atoms with van der Waals surface area (Å²) < 4.78 is 5.80. The third kappa shape index (κ3) is 3.37. The SMILES string of the molecule is CCC(=O)Nc1ccc(-c2c3ccc(=O)cc-3oc3cc(O)ccc23)c(C(=O)O)c1. The first kappa shape index (κ1) is 19.2. The fourth-order valence-corrected chi connectivity index (χ4v) is 3.42. The first-order valence-corrected chi connectivity index (χ1v) is 9.24. The summed E-state index contributed by atoms with van der Waals surface area (Å²) in [6, 6.07) is 13.4. The molecule has 2 aliphatic rings. The van der Waals surface area contributed by atoms with Crippen molar-refractivity contribution in [3.63, 3.8) is 0 Å². The second-order valence-corrected chi connectivity index (χ2v) is 6.78. The van der Waals surface area contributed by atoms with Crippen LogP contribution in [0.1, 0.15) is 23.7 Å². The zero-order chi connectivity index (χ0) is 21.4. The molecule has 7 nitrogen and oxygen atoms in total. The molecule has 0 spiro atoms. The third-order valence-corrected chi connectivity index (χ3v) is 4.80. The van der Waals surface area contributed by atoms with E-state index in [1.54, 1.807) is 31.2 Å². The molecule has 0 saturated carbocycles. The van der Waals surface area contributed by atoms with Gasteiger partial charge in [-0.25, -0.2) is 4.79 Å². The van der Waals surface area contributed by atoms with Crippen molar-refractivity contribution >= 4 is 28.5 Å². The summed E-state index contributed by atoms with van der Waals surface area (Å²) in [7, 11) is 0. The number of nitrogens with one attached hydrogen (secondary N) is 1. The van der Waals surface area contributed by atoms with Crippen molar-refractivity contribution in [1.82, 2.24) is 0 Å². The lowest BCUT2D eigenvalue weighted by atomic mass is 9.90. The van der Waals surface area contributed by atoms with Crippen LogP contribution in [0.2, 0.25) is 0 Å². The molecule has 1 aliphatic carbocycles. The minimum atomic E-state index is -1.17. The van der Waals surface area contributed by atoms with Crippen LogP contribution in [0.4, 0.5) is 5.69 Å². The van der Waals surface area contributed by atoms with E-state index in [-0.39, 0.29) is 34.8 Å². The number of phenolic OH excluding ortho intramolecular Hbond substituents is 1. The minimum Gasteiger partial charge on any atom is -0.508 e. The van der Waals surface area contributed by atoms with E-state index >= 15 is 0 Å². The Bertz CT molecular complexity index is 1340. The largest absolute Gasteiger partial charge is 0.508 e. The molecule has 4 rings (SSSR count). The van der Waals surface area contributed by atoms with Gasteiger partial charge in [0.25, 0.3) is 0 Å².